The summed E-state index contributed by atoms with van der Waals surface area (Å²) in [5, 5.41) is 13.9. The van der Waals surface area contributed by atoms with Crippen LogP contribution >= 0.6 is 0 Å². The fourth-order valence-electron chi connectivity index (χ4n) is 3.72. The Kier molecular flexibility index (Phi) is 5.34. The smallest absolute Gasteiger partial charge is 0.0987 e. The van der Waals surface area contributed by atoms with E-state index in [0.29, 0.717) is 0 Å². The summed E-state index contributed by atoms with van der Waals surface area (Å²) in [7, 11) is 0. The lowest BCUT2D eigenvalue weighted by atomic mass is 9.98. The van der Waals surface area contributed by atoms with Crippen LogP contribution < -0.4 is 5.73 Å². The number of rotatable bonds is 6. The van der Waals surface area contributed by atoms with Crippen LogP contribution in [0.4, 0.5) is 17.1 Å². The highest BCUT2D eigenvalue weighted by atomic mass is 15.1. The van der Waals surface area contributed by atoms with Crippen molar-refractivity contribution in [2.45, 2.75) is 32.6 Å². The number of azo groups is 1. The Morgan fingerprint density at radius 1 is 0.750 bits per heavy atom. The zero-order valence-electron chi connectivity index (χ0n) is 16.2. The predicted octanol–water partition coefficient (Wildman–Crippen LogP) is 7.72. The van der Waals surface area contributed by atoms with Gasteiger partial charge in [0, 0.05) is 22.0 Å². The third-order valence-electron chi connectivity index (χ3n) is 5.22. The van der Waals surface area contributed by atoms with E-state index in [-0.39, 0.29) is 0 Å². The van der Waals surface area contributed by atoms with Crippen molar-refractivity contribution in [3.63, 3.8) is 0 Å². The molecule has 28 heavy (non-hydrogen) atoms. The van der Waals surface area contributed by atoms with Gasteiger partial charge in [-0.05, 0) is 35.7 Å². The van der Waals surface area contributed by atoms with Crippen molar-refractivity contribution in [1.29, 1.82) is 0 Å². The van der Waals surface area contributed by atoms with Gasteiger partial charge in [0.15, 0.2) is 0 Å². The molecule has 0 saturated heterocycles. The van der Waals surface area contributed by atoms with Gasteiger partial charge in [-0.2, -0.15) is 0 Å². The average molecular weight is 367 g/mol. The molecule has 2 N–H and O–H groups in total. The van der Waals surface area contributed by atoms with Gasteiger partial charge in [-0.1, -0.05) is 80.4 Å². The predicted molar refractivity (Wildman–Crippen MR) is 120 cm³/mol. The van der Waals surface area contributed by atoms with Crippen LogP contribution in [0.1, 0.15) is 31.7 Å². The van der Waals surface area contributed by atoms with E-state index in [0.717, 1.165) is 51.6 Å². The minimum Gasteiger partial charge on any atom is -0.398 e. The standard InChI is InChI=1S/C25H25N3/c1-2-3-4-15-22-23(26)17-19-11-6-8-14-21(19)25(22)28-27-24-16-9-12-18-10-5-7-13-20(18)24/h5-14,16-17H,2-4,15,26H2,1H3. The first-order valence-corrected chi connectivity index (χ1v) is 9.97. The van der Waals surface area contributed by atoms with Gasteiger partial charge in [-0.15, -0.1) is 10.2 Å². The molecule has 4 rings (SSSR count). The van der Waals surface area contributed by atoms with E-state index in [1.54, 1.807) is 0 Å². The van der Waals surface area contributed by atoms with Crippen LogP contribution in [0.25, 0.3) is 21.5 Å². The normalized spacial score (nSPS) is 11.6. The summed E-state index contributed by atoms with van der Waals surface area (Å²) >= 11 is 0. The van der Waals surface area contributed by atoms with E-state index >= 15 is 0 Å². The van der Waals surface area contributed by atoms with Gasteiger partial charge in [0.2, 0.25) is 0 Å². The average Bonchev–Trinajstić information content (AvgIpc) is 2.73. The quantitative estimate of drug-likeness (QED) is 0.212. The van der Waals surface area contributed by atoms with Crippen LogP contribution in [0, 0.1) is 0 Å². The van der Waals surface area contributed by atoms with Crippen LogP contribution in [0.2, 0.25) is 0 Å². The summed E-state index contributed by atoms with van der Waals surface area (Å²) in [4.78, 5) is 0. The highest BCUT2D eigenvalue weighted by Gasteiger charge is 2.12. The molecule has 0 heterocycles. The Hall–Kier alpha value is -3.20. The van der Waals surface area contributed by atoms with Gasteiger partial charge in [0.1, 0.15) is 0 Å². The lowest BCUT2D eigenvalue weighted by Crippen LogP contribution is -1.96. The fourth-order valence-corrected chi connectivity index (χ4v) is 3.72. The largest absolute Gasteiger partial charge is 0.398 e. The van der Waals surface area contributed by atoms with E-state index in [4.69, 9.17) is 10.8 Å². The van der Waals surface area contributed by atoms with Crippen molar-refractivity contribution in [3.8, 4) is 0 Å². The van der Waals surface area contributed by atoms with Gasteiger partial charge in [0.25, 0.3) is 0 Å². The molecule has 0 atom stereocenters. The first-order chi connectivity index (χ1) is 13.8. The van der Waals surface area contributed by atoms with E-state index < -0.39 is 0 Å². The highest BCUT2D eigenvalue weighted by molar-refractivity contribution is 5.98. The summed E-state index contributed by atoms with van der Waals surface area (Å²) in [5.41, 5.74) is 10.1. The Labute approximate surface area is 165 Å². The third kappa shape index (κ3) is 3.61. The number of nitrogens with two attached hydrogens (primary N) is 1. The minimum atomic E-state index is 0.807. The summed E-state index contributed by atoms with van der Waals surface area (Å²) in [6.07, 6.45) is 4.40. The van der Waals surface area contributed by atoms with Crippen molar-refractivity contribution in [2.24, 2.45) is 10.2 Å². The molecular formula is C25H25N3. The van der Waals surface area contributed by atoms with Crippen LogP contribution in [0.3, 0.4) is 0 Å². The van der Waals surface area contributed by atoms with Gasteiger partial charge in [-0.3, -0.25) is 0 Å². The topological polar surface area (TPSA) is 50.7 Å². The molecule has 140 valence electrons. The van der Waals surface area contributed by atoms with Crippen LogP contribution in [-0.4, -0.2) is 0 Å². The second-order valence-corrected chi connectivity index (χ2v) is 7.17. The van der Waals surface area contributed by atoms with Crippen molar-refractivity contribution >= 4 is 38.6 Å². The van der Waals surface area contributed by atoms with Gasteiger partial charge in [0.05, 0.1) is 11.4 Å². The van der Waals surface area contributed by atoms with E-state index in [1.807, 2.05) is 36.4 Å². The monoisotopic (exact) mass is 367 g/mol. The minimum absolute atomic E-state index is 0.807. The molecule has 0 unspecified atom stereocenters. The molecule has 0 aliphatic heterocycles. The molecule has 4 aromatic carbocycles. The number of unbranched alkanes of at least 4 members (excludes halogenated alkanes) is 2. The van der Waals surface area contributed by atoms with Crippen molar-refractivity contribution in [2.75, 3.05) is 5.73 Å². The molecule has 3 nitrogen and oxygen atoms in total. The molecule has 0 saturated carbocycles. The van der Waals surface area contributed by atoms with Crippen molar-refractivity contribution < 1.29 is 0 Å². The lowest BCUT2D eigenvalue weighted by molar-refractivity contribution is 0.718. The molecule has 4 aromatic rings. The van der Waals surface area contributed by atoms with E-state index in [2.05, 4.69) is 48.4 Å². The Morgan fingerprint density at radius 2 is 1.46 bits per heavy atom. The number of benzene rings is 4. The number of hydrogen-bond donors (Lipinski definition) is 1. The van der Waals surface area contributed by atoms with Crippen LogP contribution in [-0.2, 0) is 6.42 Å². The van der Waals surface area contributed by atoms with Gasteiger partial charge in [-0.25, -0.2) is 0 Å². The molecule has 0 bridgehead atoms. The first kappa shape index (κ1) is 18.2. The fraction of sp³-hybridized carbons (Fsp3) is 0.200. The molecule has 0 amide bonds. The molecule has 0 aliphatic rings. The Bertz CT molecular complexity index is 1140. The number of hydrogen-bond acceptors (Lipinski definition) is 3. The number of nitrogens with zero attached hydrogens (tertiary/aromatic N) is 2. The zero-order chi connectivity index (χ0) is 19.3. The third-order valence-corrected chi connectivity index (χ3v) is 5.22. The summed E-state index contributed by atoms with van der Waals surface area (Å²) in [5.74, 6) is 0. The van der Waals surface area contributed by atoms with Crippen molar-refractivity contribution in [3.05, 3.63) is 78.4 Å². The first-order valence-electron chi connectivity index (χ1n) is 9.97. The summed E-state index contributed by atoms with van der Waals surface area (Å²) < 4.78 is 0. The number of nitrogen functional groups attached to an aromatic ring is 1. The maximum atomic E-state index is 6.43. The molecule has 0 fully saturated rings. The van der Waals surface area contributed by atoms with Crippen LogP contribution in [0.15, 0.2) is 83.0 Å². The van der Waals surface area contributed by atoms with E-state index in [1.165, 1.54) is 18.2 Å². The molecule has 0 aliphatic carbocycles. The molecule has 0 spiro atoms. The molecule has 0 aromatic heterocycles. The SMILES string of the molecule is CCCCCc1c(N)cc2ccccc2c1N=Nc1cccc2ccccc12. The second-order valence-electron chi connectivity index (χ2n) is 7.17. The maximum absolute atomic E-state index is 6.43. The van der Waals surface area contributed by atoms with E-state index in [9.17, 15) is 0 Å². The zero-order valence-corrected chi connectivity index (χ0v) is 16.2. The van der Waals surface area contributed by atoms with Crippen LogP contribution in [0.5, 0.6) is 0 Å². The highest BCUT2D eigenvalue weighted by Crippen LogP contribution is 2.37. The van der Waals surface area contributed by atoms with Crippen molar-refractivity contribution in [1.82, 2.24) is 0 Å². The molecule has 3 heteroatoms. The Balaban J connectivity index is 1.84. The summed E-state index contributed by atoms with van der Waals surface area (Å²) in [6.45, 7) is 2.21. The number of anilines is 1. The summed E-state index contributed by atoms with van der Waals surface area (Å²) in [6, 6.07) is 24.7. The lowest BCUT2D eigenvalue weighted by Gasteiger charge is -2.12. The Morgan fingerprint density at radius 3 is 2.29 bits per heavy atom. The van der Waals surface area contributed by atoms with Gasteiger partial charge < -0.3 is 5.73 Å². The van der Waals surface area contributed by atoms with Gasteiger partial charge >= 0.3 is 0 Å². The molecular weight excluding hydrogens is 342 g/mol. The number of fused-ring (bicyclic) bond motifs is 2. The molecule has 0 radical (unpaired) electrons. The maximum Gasteiger partial charge on any atom is 0.0987 e. The second kappa shape index (κ2) is 8.22.